The van der Waals surface area contributed by atoms with Gasteiger partial charge in [0, 0.05) is 12.6 Å². The van der Waals surface area contributed by atoms with Crippen molar-refractivity contribution in [2.24, 2.45) is 0 Å². The number of H-pyrrole nitrogens is 1. The molecule has 0 amide bonds. The van der Waals surface area contributed by atoms with E-state index in [4.69, 9.17) is 0 Å². The molecule has 3 N–H and O–H groups in total. The molecule has 1 heterocycles. The lowest BCUT2D eigenvalue weighted by molar-refractivity contribution is 0.518. The number of rotatable bonds is 7. The molecule has 0 saturated heterocycles. The van der Waals surface area contributed by atoms with E-state index in [1.165, 1.54) is 5.56 Å². The zero-order valence-electron chi connectivity index (χ0n) is 12.9. The summed E-state index contributed by atoms with van der Waals surface area (Å²) in [5, 5.41) is 3.12. The van der Waals surface area contributed by atoms with E-state index >= 15 is 0 Å². The number of imidazole rings is 1. The maximum absolute atomic E-state index is 11.8. The zero-order valence-corrected chi connectivity index (χ0v) is 13.7. The van der Waals surface area contributed by atoms with Gasteiger partial charge in [0.2, 0.25) is 10.0 Å². The standard InChI is InChI=1S/C15H22N4O2S/c1-10-3-6-13-14(7-10)19-15(18-13)9-16-11(2)8-17-22(20,21)12-4-5-12/h3,6-7,11-12,16-17H,4-5,8-9H2,1-2H3,(H,18,19)/t11-/m1/s1. The topological polar surface area (TPSA) is 86.9 Å². The summed E-state index contributed by atoms with van der Waals surface area (Å²) < 4.78 is 26.2. The molecule has 7 heteroatoms. The Morgan fingerprint density at radius 3 is 2.91 bits per heavy atom. The van der Waals surface area contributed by atoms with Gasteiger partial charge in [-0.2, -0.15) is 0 Å². The van der Waals surface area contributed by atoms with E-state index < -0.39 is 10.0 Å². The van der Waals surface area contributed by atoms with Crippen molar-refractivity contribution >= 4 is 21.1 Å². The Morgan fingerprint density at radius 1 is 1.41 bits per heavy atom. The first kappa shape index (κ1) is 15.5. The molecule has 120 valence electrons. The lowest BCUT2D eigenvalue weighted by atomic mass is 10.2. The summed E-state index contributed by atoms with van der Waals surface area (Å²) in [5.41, 5.74) is 3.17. The average molecular weight is 322 g/mol. The van der Waals surface area contributed by atoms with Crippen LogP contribution in [0.1, 0.15) is 31.2 Å². The molecule has 1 aliphatic carbocycles. The van der Waals surface area contributed by atoms with Gasteiger partial charge in [0.15, 0.2) is 0 Å². The lowest BCUT2D eigenvalue weighted by Crippen LogP contribution is -2.39. The second kappa shape index (κ2) is 5.98. The second-order valence-electron chi connectivity index (χ2n) is 6.08. The zero-order chi connectivity index (χ0) is 15.7. The first-order chi connectivity index (χ1) is 10.4. The molecule has 3 rings (SSSR count). The van der Waals surface area contributed by atoms with Crippen LogP contribution >= 0.6 is 0 Å². The first-order valence-electron chi connectivity index (χ1n) is 7.61. The van der Waals surface area contributed by atoms with Crippen molar-refractivity contribution in [2.45, 2.75) is 44.5 Å². The summed E-state index contributed by atoms with van der Waals surface area (Å²) in [5.74, 6) is 0.859. The van der Waals surface area contributed by atoms with Crippen molar-refractivity contribution in [3.05, 3.63) is 29.6 Å². The van der Waals surface area contributed by atoms with E-state index in [1.807, 2.05) is 26.0 Å². The molecule has 6 nitrogen and oxygen atoms in total. The number of fused-ring (bicyclic) bond motifs is 1. The highest BCUT2D eigenvalue weighted by Gasteiger charge is 2.35. The fourth-order valence-corrected chi connectivity index (χ4v) is 3.82. The van der Waals surface area contributed by atoms with Gasteiger partial charge in [-0.1, -0.05) is 6.07 Å². The molecule has 1 fully saturated rings. The number of sulfonamides is 1. The Kier molecular flexibility index (Phi) is 4.20. The Morgan fingerprint density at radius 2 is 2.18 bits per heavy atom. The van der Waals surface area contributed by atoms with Crippen LogP contribution in [0.2, 0.25) is 0 Å². The van der Waals surface area contributed by atoms with E-state index in [1.54, 1.807) is 0 Å². The summed E-state index contributed by atoms with van der Waals surface area (Å²) in [6.45, 7) is 4.99. The van der Waals surface area contributed by atoms with Crippen molar-refractivity contribution in [1.82, 2.24) is 20.0 Å². The van der Waals surface area contributed by atoms with Gasteiger partial charge in [-0.15, -0.1) is 0 Å². The third-order valence-electron chi connectivity index (χ3n) is 3.86. The third kappa shape index (κ3) is 3.66. The number of hydrogen-bond acceptors (Lipinski definition) is 4. The summed E-state index contributed by atoms with van der Waals surface area (Å²) in [4.78, 5) is 7.80. The predicted molar refractivity (Wildman–Crippen MR) is 87.1 cm³/mol. The number of hydrogen-bond donors (Lipinski definition) is 3. The van der Waals surface area contributed by atoms with Crippen molar-refractivity contribution < 1.29 is 8.42 Å². The molecule has 1 saturated carbocycles. The monoisotopic (exact) mass is 322 g/mol. The Hall–Kier alpha value is -1.44. The Balaban J connectivity index is 1.52. The van der Waals surface area contributed by atoms with Crippen molar-refractivity contribution in [1.29, 1.82) is 0 Å². The minimum absolute atomic E-state index is 0.0449. The molecule has 1 aromatic heterocycles. The third-order valence-corrected chi connectivity index (χ3v) is 5.78. The van der Waals surface area contributed by atoms with Crippen molar-refractivity contribution in [2.75, 3.05) is 6.54 Å². The number of aryl methyl sites for hydroxylation is 1. The van der Waals surface area contributed by atoms with Crippen LogP contribution in [0.4, 0.5) is 0 Å². The van der Waals surface area contributed by atoms with Crippen LogP contribution in [0.5, 0.6) is 0 Å². The van der Waals surface area contributed by atoms with Gasteiger partial charge < -0.3 is 10.3 Å². The van der Waals surface area contributed by atoms with Crippen molar-refractivity contribution in [3.8, 4) is 0 Å². The Labute approximate surface area is 130 Å². The molecule has 1 aromatic carbocycles. The van der Waals surface area contributed by atoms with Crippen LogP contribution in [0.25, 0.3) is 11.0 Å². The first-order valence-corrected chi connectivity index (χ1v) is 9.16. The molecule has 0 radical (unpaired) electrons. The summed E-state index contributed by atoms with van der Waals surface area (Å²) in [6.07, 6.45) is 1.57. The van der Waals surface area contributed by atoms with E-state index in [0.29, 0.717) is 13.1 Å². The highest BCUT2D eigenvalue weighted by molar-refractivity contribution is 7.90. The minimum atomic E-state index is -3.10. The SMILES string of the molecule is Cc1ccc2nc(CN[C@H](C)CNS(=O)(=O)C3CC3)[nH]c2c1. The fraction of sp³-hybridized carbons (Fsp3) is 0.533. The quantitative estimate of drug-likeness (QED) is 0.720. The molecule has 1 aliphatic rings. The number of nitrogens with one attached hydrogen (secondary N) is 3. The van der Waals surface area contributed by atoms with Gasteiger partial charge in [-0.05, 0) is 44.4 Å². The predicted octanol–water partition coefficient (Wildman–Crippen LogP) is 1.43. The van der Waals surface area contributed by atoms with E-state index in [2.05, 4.69) is 26.1 Å². The van der Waals surface area contributed by atoms with Gasteiger partial charge in [-0.25, -0.2) is 18.1 Å². The van der Waals surface area contributed by atoms with Crippen molar-refractivity contribution in [3.63, 3.8) is 0 Å². The molecule has 0 bridgehead atoms. The summed E-state index contributed by atoms with van der Waals surface area (Å²) in [6, 6.07) is 6.15. The van der Waals surface area contributed by atoms with E-state index in [0.717, 1.165) is 29.7 Å². The second-order valence-corrected chi connectivity index (χ2v) is 8.12. The molecule has 0 unspecified atom stereocenters. The van der Waals surface area contributed by atoms with Crippen LogP contribution in [0.3, 0.4) is 0 Å². The average Bonchev–Trinajstić information content (AvgIpc) is 3.25. The molecule has 22 heavy (non-hydrogen) atoms. The van der Waals surface area contributed by atoms with Gasteiger partial charge >= 0.3 is 0 Å². The lowest BCUT2D eigenvalue weighted by Gasteiger charge is -2.13. The smallest absolute Gasteiger partial charge is 0.214 e. The van der Waals surface area contributed by atoms with Gasteiger partial charge in [0.05, 0.1) is 22.8 Å². The maximum Gasteiger partial charge on any atom is 0.214 e. The molecule has 2 aromatic rings. The molecule has 1 atom stereocenters. The van der Waals surface area contributed by atoms with Crippen LogP contribution < -0.4 is 10.0 Å². The van der Waals surface area contributed by atoms with E-state index in [-0.39, 0.29) is 11.3 Å². The summed E-state index contributed by atoms with van der Waals surface area (Å²) >= 11 is 0. The Bertz CT molecular complexity index is 765. The number of nitrogens with zero attached hydrogens (tertiary/aromatic N) is 1. The number of aromatic nitrogens is 2. The molecular weight excluding hydrogens is 300 g/mol. The minimum Gasteiger partial charge on any atom is -0.341 e. The van der Waals surface area contributed by atoms with Crippen LogP contribution in [0, 0.1) is 6.92 Å². The fourth-order valence-electron chi connectivity index (χ4n) is 2.34. The largest absolute Gasteiger partial charge is 0.341 e. The molecular formula is C15H22N4O2S. The molecule has 0 spiro atoms. The van der Waals surface area contributed by atoms with Crippen LogP contribution in [-0.2, 0) is 16.6 Å². The molecule has 0 aliphatic heterocycles. The number of benzene rings is 1. The van der Waals surface area contributed by atoms with Crippen LogP contribution in [-0.4, -0.2) is 36.2 Å². The van der Waals surface area contributed by atoms with Crippen LogP contribution in [0.15, 0.2) is 18.2 Å². The van der Waals surface area contributed by atoms with Gasteiger partial charge in [-0.3, -0.25) is 0 Å². The summed E-state index contributed by atoms with van der Waals surface area (Å²) in [7, 11) is -3.10. The normalized spacial score (nSPS) is 17.0. The number of aromatic amines is 1. The maximum atomic E-state index is 11.8. The highest BCUT2D eigenvalue weighted by Crippen LogP contribution is 2.27. The van der Waals surface area contributed by atoms with Gasteiger partial charge in [0.1, 0.15) is 5.82 Å². The highest BCUT2D eigenvalue weighted by atomic mass is 32.2. The van der Waals surface area contributed by atoms with E-state index in [9.17, 15) is 8.42 Å². The van der Waals surface area contributed by atoms with Gasteiger partial charge in [0.25, 0.3) is 0 Å².